The zero-order valence-electron chi connectivity index (χ0n) is 13.7. The molecule has 1 unspecified atom stereocenters. The van der Waals surface area contributed by atoms with Gasteiger partial charge in [-0.15, -0.1) is 11.3 Å². The van der Waals surface area contributed by atoms with E-state index < -0.39 is 0 Å². The van der Waals surface area contributed by atoms with E-state index >= 15 is 0 Å². The predicted molar refractivity (Wildman–Crippen MR) is 87.0 cm³/mol. The Bertz CT molecular complexity index is 450. The van der Waals surface area contributed by atoms with Crippen molar-refractivity contribution in [3.05, 3.63) is 10.6 Å². The first-order valence-corrected chi connectivity index (χ1v) is 8.25. The molecule has 1 N–H and O–H groups in total. The summed E-state index contributed by atoms with van der Waals surface area (Å²) >= 11 is 1.75. The van der Waals surface area contributed by atoms with Gasteiger partial charge in [0.1, 0.15) is 0 Å². The van der Waals surface area contributed by atoms with Crippen molar-refractivity contribution >= 4 is 16.5 Å². The third-order valence-corrected chi connectivity index (χ3v) is 4.77. The van der Waals surface area contributed by atoms with E-state index in [1.165, 1.54) is 4.88 Å². The molecule has 1 aromatic heterocycles. The van der Waals surface area contributed by atoms with Crippen molar-refractivity contribution in [2.45, 2.75) is 51.9 Å². The van der Waals surface area contributed by atoms with Crippen LogP contribution in [0.2, 0.25) is 0 Å². The molecule has 2 rings (SSSR count). The van der Waals surface area contributed by atoms with Crippen LogP contribution in [0, 0.1) is 0 Å². The quantitative estimate of drug-likeness (QED) is 0.874. The van der Waals surface area contributed by atoms with Crippen LogP contribution in [0.25, 0.3) is 0 Å². The maximum absolute atomic E-state index is 5.47. The molecule has 0 radical (unpaired) electrons. The molecule has 0 bridgehead atoms. The average Bonchev–Trinajstić information content (AvgIpc) is 3.05. The molecule has 1 aliphatic heterocycles. The summed E-state index contributed by atoms with van der Waals surface area (Å²) in [7, 11) is 3.82. The van der Waals surface area contributed by atoms with Gasteiger partial charge in [-0.25, -0.2) is 4.98 Å². The van der Waals surface area contributed by atoms with Gasteiger partial charge in [-0.3, -0.25) is 0 Å². The van der Waals surface area contributed by atoms with Crippen LogP contribution in [0.1, 0.15) is 37.8 Å². The van der Waals surface area contributed by atoms with Crippen molar-refractivity contribution in [3.8, 4) is 0 Å². The van der Waals surface area contributed by atoms with Gasteiger partial charge >= 0.3 is 0 Å². The summed E-state index contributed by atoms with van der Waals surface area (Å²) in [5.41, 5.74) is 1.14. The fourth-order valence-electron chi connectivity index (χ4n) is 2.24. The first kappa shape index (κ1) is 16.7. The molecular formula is C15H27N3O2S. The number of hydrogen-bond acceptors (Lipinski definition) is 6. The molecule has 6 heteroatoms. The smallest absolute Gasteiger partial charge is 0.185 e. The van der Waals surface area contributed by atoms with Gasteiger partial charge in [-0.1, -0.05) is 0 Å². The van der Waals surface area contributed by atoms with Crippen LogP contribution < -0.4 is 10.2 Å². The van der Waals surface area contributed by atoms with E-state index in [1.807, 2.05) is 0 Å². The zero-order valence-corrected chi connectivity index (χ0v) is 14.5. The average molecular weight is 313 g/mol. The van der Waals surface area contributed by atoms with Gasteiger partial charge in [0, 0.05) is 37.7 Å². The van der Waals surface area contributed by atoms with Crippen LogP contribution in [0.3, 0.4) is 0 Å². The molecule has 0 spiro atoms. The summed E-state index contributed by atoms with van der Waals surface area (Å²) < 4.78 is 10.8. The molecule has 0 amide bonds. The lowest BCUT2D eigenvalue weighted by Gasteiger charge is -2.22. The number of ether oxygens (including phenoxy) is 2. The summed E-state index contributed by atoms with van der Waals surface area (Å²) in [6.07, 6.45) is 1.07. The third kappa shape index (κ3) is 4.64. The summed E-state index contributed by atoms with van der Waals surface area (Å²) in [5.74, 6) is 0. The fourth-order valence-corrected chi connectivity index (χ4v) is 3.27. The van der Waals surface area contributed by atoms with Crippen molar-refractivity contribution in [2.24, 2.45) is 0 Å². The standard InChI is InChI=1S/C15H27N3O2S/c1-15(2,3)16-8-13-12(10-19-5)17-14(21-13)18(4)11-6-7-20-9-11/h11,16H,6-10H2,1-5H3. The Labute approximate surface area is 131 Å². The largest absolute Gasteiger partial charge is 0.379 e. The van der Waals surface area contributed by atoms with E-state index in [0.717, 1.165) is 37.0 Å². The van der Waals surface area contributed by atoms with Crippen molar-refractivity contribution < 1.29 is 9.47 Å². The predicted octanol–water partition coefficient (Wildman–Crippen LogP) is 2.40. The SMILES string of the molecule is COCc1nc(N(C)C2CCOC2)sc1CNC(C)(C)C. The van der Waals surface area contributed by atoms with Crippen LogP contribution in [-0.2, 0) is 22.6 Å². The molecule has 0 aromatic carbocycles. The Hall–Kier alpha value is -0.690. The molecule has 0 aliphatic carbocycles. The molecule has 120 valence electrons. The topological polar surface area (TPSA) is 46.6 Å². The maximum Gasteiger partial charge on any atom is 0.185 e. The Kier molecular flexibility index (Phi) is 5.60. The Morgan fingerprint density at radius 3 is 2.81 bits per heavy atom. The van der Waals surface area contributed by atoms with Crippen LogP contribution in [0.5, 0.6) is 0 Å². The second kappa shape index (κ2) is 7.05. The van der Waals surface area contributed by atoms with E-state index in [1.54, 1.807) is 18.4 Å². The van der Waals surface area contributed by atoms with Crippen LogP contribution in [-0.4, -0.2) is 43.9 Å². The summed E-state index contributed by atoms with van der Waals surface area (Å²) in [6, 6.07) is 0.440. The summed E-state index contributed by atoms with van der Waals surface area (Å²) in [4.78, 5) is 8.27. The van der Waals surface area contributed by atoms with E-state index in [0.29, 0.717) is 12.6 Å². The number of aromatic nitrogens is 1. The molecular weight excluding hydrogens is 286 g/mol. The summed E-state index contributed by atoms with van der Waals surface area (Å²) in [5, 5.41) is 4.59. The maximum atomic E-state index is 5.47. The minimum atomic E-state index is 0.0969. The molecule has 5 nitrogen and oxygen atoms in total. The van der Waals surface area contributed by atoms with E-state index in [2.05, 4.69) is 38.0 Å². The first-order valence-electron chi connectivity index (χ1n) is 7.44. The highest BCUT2D eigenvalue weighted by atomic mass is 32.1. The Morgan fingerprint density at radius 2 is 2.24 bits per heavy atom. The van der Waals surface area contributed by atoms with Gasteiger partial charge in [0.05, 0.1) is 24.9 Å². The first-order chi connectivity index (χ1) is 9.90. The van der Waals surface area contributed by atoms with Crippen molar-refractivity contribution in [3.63, 3.8) is 0 Å². The Morgan fingerprint density at radius 1 is 1.48 bits per heavy atom. The molecule has 1 aromatic rings. The van der Waals surface area contributed by atoms with Crippen molar-refractivity contribution in [1.29, 1.82) is 0 Å². The number of likely N-dealkylation sites (N-methyl/N-ethyl adjacent to an activating group) is 1. The highest BCUT2D eigenvalue weighted by molar-refractivity contribution is 7.15. The fraction of sp³-hybridized carbons (Fsp3) is 0.800. The van der Waals surface area contributed by atoms with Gasteiger partial charge in [-0.05, 0) is 27.2 Å². The normalized spacial score (nSPS) is 19.2. The summed E-state index contributed by atoms with van der Waals surface area (Å²) in [6.45, 7) is 9.56. The second-order valence-corrected chi connectivity index (χ2v) is 7.59. The second-order valence-electron chi connectivity index (χ2n) is 6.53. The van der Waals surface area contributed by atoms with E-state index in [-0.39, 0.29) is 5.54 Å². The lowest BCUT2D eigenvalue weighted by molar-refractivity contribution is 0.181. The van der Waals surface area contributed by atoms with Crippen LogP contribution in [0.15, 0.2) is 0 Å². The van der Waals surface area contributed by atoms with Gasteiger partial charge in [0.15, 0.2) is 5.13 Å². The molecule has 2 heterocycles. The molecule has 21 heavy (non-hydrogen) atoms. The molecule has 1 saturated heterocycles. The van der Waals surface area contributed by atoms with Crippen molar-refractivity contribution in [2.75, 3.05) is 32.3 Å². The monoisotopic (exact) mass is 313 g/mol. The number of thiazole rings is 1. The van der Waals surface area contributed by atoms with Crippen LogP contribution in [0.4, 0.5) is 5.13 Å². The van der Waals surface area contributed by atoms with Crippen molar-refractivity contribution in [1.82, 2.24) is 10.3 Å². The number of methoxy groups -OCH3 is 1. The van der Waals surface area contributed by atoms with E-state index in [9.17, 15) is 0 Å². The van der Waals surface area contributed by atoms with E-state index in [4.69, 9.17) is 14.5 Å². The number of nitrogens with one attached hydrogen (secondary N) is 1. The van der Waals surface area contributed by atoms with Gasteiger partial charge in [0.2, 0.25) is 0 Å². The highest BCUT2D eigenvalue weighted by Gasteiger charge is 2.24. The number of nitrogens with zero attached hydrogens (tertiary/aromatic N) is 2. The number of rotatable bonds is 6. The minimum absolute atomic E-state index is 0.0969. The molecule has 1 fully saturated rings. The van der Waals surface area contributed by atoms with Gasteiger partial charge in [-0.2, -0.15) is 0 Å². The lowest BCUT2D eigenvalue weighted by atomic mass is 10.1. The molecule has 0 saturated carbocycles. The van der Waals surface area contributed by atoms with Gasteiger partial charge in [0.25, 0.3) is 0 Å². The number of anilines is 1. The number of hydrogen-bond donors (Lipinski definition) is 1. The lowest BCUT2D eigenvalue weighted by Crippen LogP contribution is -2.35. The van der Waals surface area contributed by atoms with Crippen LogP contribution >= 0.6 is 11.3 Å². The Balaban J connectivity index is 2.11. The zero-order chi connectivity index (χ0) is 15.5. The highest BCUT2D eigenvalue weighted by Crippen LogP contribution is 2.29. The molecule has 1 atom stereocenters. The van der Waals surface area contributed by atoms with Gasteiger partial charge < -0.3 is 19.7 Å². The third-order valence-electron chi connectivity index (χ3n) is 3.58. The molecule has 1 aliphatic rings. The minimum Gasteiger partial charge on any atom is -0.379 e.